The second-order valence-corrected chi connectivity index (χ2v) is 7.50. The smallest absolute Gasteiger partial charge is 0.357 e. The number of rotatable bonds is 7. The molecule has 1 aliphatic heterocycles. The zero-order valence-corrected chi connectivity index (χ0v) is 16.8. The summed E-state index contributed by atoms with van der Waals surface area (Å²) >= 11 is 1.04. The van der Waals surface area contributed by atoms with Crippen LogP contribution >= 0.6 is 11.3 Å². The van der Waals surface area contributed by atoms with E-state index in [0.717, 1.165) is 56.0 Å². The molecule has 1 fully saturated rings. The van der Waals surface area contributed by atoms with Gasteiger partial charge in [0.25, 0.3) is 0 Å². The summed E-state index contributed by atoms with van der Waals surface area (Å²) in [5, 5.41) is 7.88. The Hall–Kier alpha value is -1.39. The van der Waals surface area contributed by atoms with Gasteiger partial charge in [-0.25, -0.2) is 4.98 Å². The van der Waals surface area contributed by atoms with Gasteiger partial charge in [0, 0.05) is 44.5 Å². The number of hydrogen-bond acceptors (Lipinski definition) is 5. The molecule has 0 unspecified atom stereocenters. The van der Waals surface area contributed by atoms with E-state index in [1.807, 2.05) is 6.92 Å². The van der Waals surface area contributed by atoms with Crippen LogP contribution in [0, 0.1) is 0 Å². The van der Waals surface area contributed by atoms with E-state index >= 15 is 0 Å². The van der Waals surface area contributed by atoms with Crippen LogP contribution < -0.4 is 10.6 Å². The Morgan fingerprint density at radius 3 is 2.78 bits per heavy atom. The minimum Gasteiger partial charge on any atom is -0.357 e. The molecule has 2 rings (SSSR count). The van der Waals surface area contributed by atoms with E-state index in [9.17, 15) is 13.2 Å². The first-order valence-electron chi connectivity index (χ1n) is 9.33. The summed E-state index contributed by atoms with van der Waals surface area (Å²) in [5.74, 6) is 0.692. The fraction of sp³-hybridized carbons (Fsp3) is 0.765. The monoisotopic (exact) mass is 406 g/mol. The molecule has 1 aromatic heterocycles. The van der Waals surface area contributed by atoms with Crippen molar-refractivity contribution < 1.29 is 13.2 Å². The van der Waals surface area contributed by atoms with Gasteiger partial charge < -0.3 is 20.4 Å². The van der Waals surface area contributed by atoms with Crippen LogP contribution in [0.4, 0.5) is 13.2 Å². The molecule has 6 nitrogen and oxygen atoms in total. The highest BCUT2D eigenvalue weighted by molar-refractivity contribution is 7.09. The lowest BCUT2D eigenvalue weighted by Crippen LogP contribution is -2.39. The van der Waals surface area contributed by atoms with Crippen LogP contribution in [-0.2, 0) is 12.6 Å². The summed E-state index contributed by atoms with van der Waals surface area (Å²) in [4.78, 5) is 13.0. The maximum atomic E-state index is 12.6. The highest BCUT2D eigenvalue weighted by atomic mass is 32.1. The van der Waals surface area contributed by atoms with Gasteiger partial charge in [0.1, 0.15) is 0 Å². The fourth-order valence-corrected chi connectivity index (χ4v) is 3.62. The molecule has 1 aromatic rings. The van der Waals surface area contributed by atoms with Crippen LogP contribution in [0.15, 0.2) is 10.4 Å². The molecule has 0 atom stereocenters. The molecule has 0 aliphatic carbocycles. The van der Waals surface area contributed by atoms with Gasteiger partial charge in [0.15, 0.2) is 11.7 Å². The van der Waals surface area contributed by atoms with Crippen molar-refractivity contribution in [2.45, 2.75) is 25.9 Å². The Kier molecular flexibility index (Phi) is 8.78. The standard InChI is InChI=1S/C17H29F3N6S/c1-3-21-16(23-7-10-26-9-4-8-25(2)11-12-26)22-6-5-15-24-14(13-27-15)17(18,19)20/h13H,3-12H2,1-2H3,(H2,21,22,23). The minimum atomic E-state index is -4.37. The predicted molar refractivity (Wildman–Crippen MR) is 103 cm³/mol. The second-order valence-electron chi connectivity index (χ2n) is 6.56. The number of guanidine groups is 1. The molecule has 0 saturated carbocycles. The lowest BCUT2D eigenvalue weighted by Gasteiger charge is -2.19. The van der Waals surface area contributed by atoms with Gasteiger partial charge in [-0.1, -0.05) is 0 Å². The third kappa shape index (κ3) is 8.02. The van der Waals surface area contributed by atoms with Crippen LogP contribution in [0.1, 0.15) is 24.0 Å². The molecular weight excluding hydrogens is 377 g/mol. The van der Waals surface area contributed by atoms with E-state index in [1.165, 1.54) is 6.42 Å². The summed E-state index contributed by atoms with van der Waals surface area (Å²) in [7, 11) is 2.15. The Morgan fingerprint density at radius 1 is 1.26 bits per heavy atom. The Morgan fingerprint density at radius 2 is 2.07 bits per heavy atom. The van der Waals surface area contributed by atoms with Crippen molar-refractivity contribution in [3.05, 3.63) is 16.1 Å². The zero-order valence-electron chi connectivity index (χ0n) is 16.0. The van der Waals surface area contributed by atoms with Gasteiger partial charge in [-0.05, 0) is 33.5 Å². The van der Waals surface area contributed by atoms with E-state index in [4.69, 9.17) is 0 Å². The van der Waals surface area contributed by atoms with Crippen LogP contribution in [0.2, 0.25) is 0 Å². The number of likely N-dealkylation sites (N-methyl/N-ethyl adjacent to an activating group) is 1. The van der Waals surface area contributed by atoms with Crippen molar-refractivity contribution in [1.29, 1.82) is 0 Å². The van der Waals surface area contributed by atoms with Crippen LogP contribution in [0.3, 0.4) is 0 Å². The molecule has 0 spiro atoms. The van der Waals surface area contributed by atoms with Gasteiger partial charge >= 0.3 is 6.18 Å². The van der Waals surface area contributed by atoms with Crippen molar-refractivity contribution in [2.24, 2.45) is 4.99 Å². The quantitative estimate of drug-likeness (QED) is 0.535. The molecule has 10 heteroatoms. The van der Waals surface area contributed by atoms with Crippen molar-refractivity contribution in [2.75, 3.05) is 59.4 Å². The maximum absolute atomic E-state index is 12.6. The molecule has 1 saturated heterocycles. The van der Waals surface area contributed by atoms with Gasteiger partial charge in [-0.3, -0.25) is 4.99 Å². The van der Waals surface area contributed by atoms with Gasteiger partial charge in [-0.2, -0.15) is 13.2 Å². The fourth-order valence-electron chi connectivity index (χ4n) is 2.81. The topological polar surface area (TPSA) is 55.8 Å². The normalized spacial score (nSPS) is 17.7. The summed E-state index contributed by atoms with van der Waals surface area (Å²) in [6.07, 6.45) is -2.77. The van der Waals surface area contributed by atoms with Crippen LogP contribution in [0.25, 0.3) is 0 Å². The maximum Gasteiger partial charge on any atom is 0.434 e. The third-order valence-corrected chi connectivity index (χ3v) is 5.22. The second kappa shape index (κ2) is 10.8. The first kappa shape index (κ1) is 21.9. The Bertz CT molecular complexity index is 589. The molecule has 0 radical (unpaired) electrons. The number of nitrogens with zero attached hydrogens (tertiary/aromatic N) is 4. The lowest BCUT2D eigenvalue weighted by atomic mass is 10.4. The first-order valence-corrected chi connectivity index (χ1v) is 10.2. The zero-order chi connectivity index (χ0) is 19.7. The minimum absolute atomic E-state index is 0.434. The predicted octanol–water partition coefficient (Wildman–Crippen LogP) is 1.90. The summed E-state index contributed by atoms with van der Waals surface area (Å²) in [5.41, 5.74) is -0.814. The van der Waals surface area contributed by atoms with E-state index in [1.54, 1.807) is 0 Å². The van der Waals surface area contributed by atoms with E-state index in [-0.39, 0.29) is 0 Å². The number of aromatic nitrogens is 1. The molecule has 0 aromatic carbocycles. The van der Waals surface area contributed by atoms with E-state index in [0.29, 0.717) is 30.5 Å². The number of alkyl halides is 3. The lowest BCUT2D eigenvalue weighted by molar-refractivity contribution is -0.140. The van der Waals surface area contributed by atoms with Gasteiger partial charge in [-0.15, -0.1) is 11.3 Å². The molecule has 2 heterocycles. The number of hydrogen-bond donors (Lipinski definition) is 2. The Labute approximate surface area is 162 Å². The third-order valence-electron chi connectivity index (χ3n) is 4.32. The first-order chi connectivity index (χ1) is 12.9. The number of nitrogens with one attached hydrogen (secondary N) is 2. The molecule has 154 valence electrons. The Balaban J connectivity index is 1.75. The van der Waals surface area contributed by atoms with Gasteiger partial charge in [0.05, 0.1) is 11.6 Å². The summed E-state index contributed by atoms with van der Waals surface area (Å²) < 4.78 is 37.8. The van der Waals surface area contributed by atoms with E-state index < -0.39 is 11.9 Å². The van der Waals surface area contributed by atoms with E-state index in [2.05, 4.69) is 37.5 Å². The number of thiazole rings is 1. The molecule has 0 bridgehead atoms. The highest BCUT2D eigenvalue weighted by Crippen LogP contribution is 2.29. The average Bonchev–Trinajstić information content (AvgIpc) is 2.99. The summed E-state index contributed by atoms with van der Waals surface area (Å²) in [6.45, 7) is 9.17. The van der Waals surface area contributed by atoms with Crippen LogP contribution in [0.5, 0.6) is 0 Å². The van der Waals surface area contributed by atoms with Crippen molar-refractivity contribution in [1.82, 2.24) is 25.4 Å². The van der Waals surface area contributed by atoms with Crippen molar-refractivity contribution in [3.8, 4) is 0 Å². The number of halogens is 3. The molecule has 27 heavy (non-hydrogen) atoms. The number of aliphatic imine (C=N–C) groups is 1. The van der Waals surface area contributed by atoms with Crippen LogP contribution in [-0.4, -0.2) is 80.1 Å². The molecule has 0 amide bonds. The largest absolute Gasteiger partial charge is 0.434 e. The molecular formula is C17H29F3N6S. The summed E-state index contributed by atoms with van der Waals surface area (Å²) in [6, 6.07) is 0. The molecule has 1 aliphatic rings. The molecule has 2 N–H and O–H groups in total. The highest BCUT2D eigenvalue weighted by Gasteiger charge is 2.33. The van der Waals surface area contributed by atoms with Crippen molar-refractivity contribution in [3.63, 3.8) is 0 Å². The van der Waals surface area contributed by atoms with Crippen molar-refractivity contribution >= 4 is 17.3 Å². The SMILES string of the molecule is CCNC(=NCCN1CCCN(C)CC1)NCCc1nc(C(F)(F)F)cs1. The van der Waals surface area contributed by atoms with Gasteiger partial charge in [0.2, 0.25) is 0 Å². The average molecular weight is 407 g/mol.